The highest BCUT2D eigenvalue weighted by molar-refractivity contribution is 7.14. The van der Waals surface area contributed by atoms with Crippen LogP contribution in [0.2, 0.25) is 0 Å². The maximum Gasteiger partial charge on any atom is 0.416 e. The maximum atomic E-state index is 14.0. The number of thiazole rings is 1. The van der Waals surface area contributed by atoms with Crippen molar-refractivity contribution in [1.82, 2.24) is 19.8 Å². The number of hydrogen-bond acceptors (Lipinski definition) is 7. The molecule has 12 heteroatoms. The highest BCUT2D eigenvalue weighted by atomic mass is 35.5. The summed E-state index contributed by atoms with van der Waals surface area (Å²) in [5.41, 5.74) is 3.21. The van der Waals surface area contributed by atoms with Gasteiger partial charge in [0.15, 0.2) is 5.13 Å². The van der Waals surface area contributed by atoms with Crippen LogP contribution in [0.3, 0.4) is 0 Å². The molecule has 1 aliphatic rings. The van der Waals surface area contributed by atoms with Gasteiger partial charge in [-0.3, -0.25) is 14.7 Å². The van der Waals surface area contributed by atoms with Crippen LogP contribution in [0.4, 0.5) is 29.7 Å². The zero-order valence-electron chi connectivity index (χ0n) is 22.5. The van der Waals surface area contributed by atoms with Gasteiger partial charge in [-0.05, 0) is 61.5 Å². The van der Waals surface area contributed by atoms with Crippen molar-refractivity contribution in [3.8, 4) is 11.3 Å². The molecule has 0 spiro atoms. The van der Waals surface area contributed by atoms with Crippen molar-refractivity contribution in [1.29, 1.82) is 0 Å². The summed E-state index contributed by atoms with van der Waals surface area (Å²) in [5.74, 6) is -0.610. The van der Waals surface area contributed by atoms with Gasteiger partial charge in [-0.15, -0.1) is 23.7 Å². The van der Waals surface area contributed by atoms with E-state index in [1.807, 2.05) is 42.5 Å². The van der Waals surface area contributed by atoms with Gasteiger partial charge >= 0.3 is 6.18 Å². The van der Waals surface area contributed by atoms with Crippen LogP contribution in [0.25, 0.3) is 11.3 Å². The second-order valence-electron chi connectivity index (χ2n) is 9.83. The Morgan fingerprint density at radius 2 is 1.76 bits per heavy atom. The lowest BCUT2D eigenvalue weighted by Crippen LogP contribution is -2.44. The highest BCUT2D eigenvalue weighted by Crippen LogP contribution is 2.34. The lowest BCUT2D eigenvalue weighted by atomic mass is 10.0. The number of carbonyl (C=O) groups excluding carboxylic acids is 1. The number of carbonyl (C=O) groups is 1. The summed E-state index contributed by atoms with van der Waals surface area (Å²) in [7, 11) is 2.00. The van der Waals surface area contributed by atoms with E-state index in [4.69, 9.17) is 0 Å². The van der Waals surface area contributed by atoms with Gasteiger partial charge in [0.1, 0.15) is 0 Å². The monoisotopic (exact) mass is 602 g/mol. The number of alkyl halides is 3. The Kier molecular flexibility index (Phi) is 9.64. The number of benzene rings is 2. The normalized spacial score (nSPS) is 14.4. The molecule has 0 unspecified atom stereocenters. The standard InChI is InChI=1S/C29H29F3N6OS.ClH/c1-19-3-6-23(16-25(19)35-28-36-26(18-40-28)20-7-9-33-10-8-20)34-27(39)21-4-5-22(24(15-21)29(30,31)32)17-38-13-11-37(2)12-14-38;/h3-10,15-16,18H,11-14,17H2,1-2H3,(H,34,39)(H,35,36);1H. The van der Waals surface area contributed by atoms with E-state index in [-0.39, 0.29) is 30.1 Å². The van der Waals surface area contributed by atoms with Crippen LogP contribution >= 0.6 is 23.7 Å². The Balaban J connectivity index is 0.00000387. The Labute approximate surface area is 246 Å². The van der Waals surface area contributed by atoms with Crippen molar-refractivity contribution in [2.45, 2.75) is 19.6 Å². The number of nitrogens with one attached hydrogen (secondary N) is 2. The smallest absolute Gasteiger partial charge is 0.331 e. The van der Waals surface area contributed by atoms with Crippen LogP contribution in [0, 0.1) is 6.92 Å². The molecular formula is C29H30ClF3N6OS. The quantitative estimate of drug-likeness (QED) is 0.245. The number of amides is 1. The van der Waals surface area contributed by atoms with Crippen molar-refractivity contribution >= 4 is 46.2 Å². The molecule has 2 aromatic heterocycles. The van der Waals surface area contributed by atoms with Gasteiger partial charge < -0.3 is 15.5 Å². The number of rotatable bonds is 7. The fourth-order valence-electron chi connectivity index (χ4n) is 4.51. The Hall–Kier alpha value is -3.51. The average molecular weight is 603 g/mol. The van der Waals surface area contributed by atoms with Crippen LogP contribution in [-0.4, -0.2) is 58.9 Å². The van der Waals surface area contributed by atoms with E-state index in [0.29, 0.717) is 23.9 Å². The molecule has 0 radical (unpaired) electrons. The van der Waals surface area contributed by atoms with E-state index < -0.39 is 17.6 Å². The fraction of sp³-hybridized carbons (Fsp3) is 0.276. The number of nitrogens with zero attached hydrogens (tertiary/aromatic N) is 4. The number of aryl methyl sites for hydroxylation is 1. The minimum atomic E-state index is -4.57. The summed E-state index contributed by atoms with van der Waals surface area (Å²) >= 11 is 1.44. The number of anilines is 3. The number of hydrogen-bond donors (Lipinski definition) is 2. The highest BCUT2D eigenvalue weighted by Gasteiger charge is 2.34. The SMILES string of the molecule is Cc1ccc(NC(=O)c2ccc(CN3CCN(C)CC3)c(C(F)(F)F)c2)cc1Nc1nc(-c2ccncc2)cs1.Cl. The molecule has 41 heavy (non-hydrogen) atoms. The van der Waals surface area contributed by atoms with Crippen molar-refractivity contribution in [2.75, 3.05) is 43.9 Å². The van der Waals surface area contributed by atoms with E-state index in [2.05, 4.69) is 25.5 Å². The molecule has 7 nitrogen and oxygen atoms in total. The van der Waals surface area contributed by atoms with Crippen LogP contribution in [0.5, 0.6) is 0 Å². The molecule has 2 aromatic carbocycles. The fourth-order valence-corrected chi connectivity index (χ4v) is 5.24. The van der Waals surface area contributed by atoms with E-state index in [0.717, 1.165) is 41.7 Å². The maximum absolute atomic E-state index is 14.0. The molecule has 5 rings (SSSR count). The van der Waals surface area contributed by atoms with Crippen molar-refractivity contribution in [3.05, 3.63) is 88.6 Å². The first kappa shape index (κ1) is 30.4. The molecular weight excluding hydrogens is 573 g/mol. The molecule has 1 amide bonds. The summed E-state index contributed by atoms with van der Waals surface area (Å²) in [4.78, 5) is 25.8. The summed E-state index contributed by atoms with van der Waals surface area (Å²) in [6.07, 6.45) is -1.16. The molecule has 0 bridgehead atoms. The predicted molar refractivity (Wildman–Crippen MR) is 159 cm³/mol. The molecule has 0 saturated carbocycles. The van der Waals surface area contributed by atoms with Crippen LogP contribution in [-0.2, 0) is 12.7 Å². The van der Waals surface area contributed by atoms with Crippen molar-refractivity contribution in [2.24, 2.45) is 0 Å². The molecule has 2 N–H and O–H groups in total. The molecule has 0 aliphatic carbocycles. The number of piperazine rings is 1. The lowest BCUT2D eigenvalue weighted by molar-refractivity contribution is -0.138. The van der Waals surface area contributed by atoms with Gasteiger partial charge in [-0.2, -0.15) is 13.2 Å². The molecule has 216 valence electrons. The Bertz CT molecular complexity index is 1490. The summed E-state index contributed by atoms with van der Waals surface area (Å²) in [5, 5.41) is 8.62. The predicted octanol–water partition coefficient (Wildman–Crippen LogP) is 6.70. The number of likely N-dealkylation sites (N-methyl/N-ethyl adjacent to an activating group) is 1. The topological polar surface area (TPSA) is 73.4 Å². The van der Waals surface area contributed by atoms with Gasteiger partial charge in [0.2, 0.25) is 0 Å². The minimum absolute atomic E-state index is 0. The van der Waals surface area contributed by atoms with Gasteiger partial charge in [0, 0.05) is 73.0 Å². The number of aromatic nitrogens is 2. The van der Waals surface area contributed by atoms with Gasteiger partial charge in [-0.25, -0.2) is 4.98 Å². The van der Waals surface area contributed by atoms with E-state index in [1.165, 1.54) is 23.5 Å². The second kappa shape index (κ2) is 13.0. The Morgan fingerprint density at radius 3 is 2.46 bits per heavy atom. The first-order chi connectivity index (χ1) is 19.2. The van der Waals surface area contributed by atoms with Crippen LogP contribution in [0.15, 0.2) is 66.3 Å². The Morgan fingerprint density at radius 1 is 1.02 bits per heavy atom. The zero-order chi connectivity index (χ0) is 28.3. The first-order valence-corrected chi connectivity index (χ1v) is 13.7. The second-order valence-corrected chi connectivity index (χ2v) is 10.7. The lowest BCUT2D eigenvalue weighted by Gasteiger charge is -2.33. The molecule has 0 atom stereocenters. The number of halogens is 4. The van der Waals surface area contributed by atoms with E-state index >= 15 is 0 Å². The largest absolute Gasteiger partial charge is 0.416 e. The number of pyridine rings is 1. The molecule has 4 aromatic rings. The minimum Gasteiger partial charge on any atom is -0.331 e. The van der Waals surface area contributed by atoms with Gasteiger partial charge in [0.25, 0.3) is 5.91 Å². The van der Waals surface area contributed by atoms with Crippen molar-refractivity contribution in [3.63, 3.8) is 0 Å². The van der Waals surface area contributed by atoms with Crippen molar-refractivity contribution < 1.29 is 18.0 Å². The van der Waals surface area contributed by atoms with E-state index in [1.54, 1.807) is 24.5 Å². The third kappa shape index (κ3) is 7.62. The molecule has 1 aliphatic heterocycles. The summed E-state index contributed by atoms with van der Waals surface area (Å²) in [6, 6.07) is 12.9. The first-order valence-electron chi connectivity index (χ1n) is 12.8. The third-order valence-corrected chi connectivity index (χ3v) is 7.64. The third-order valence-electron chi connectivity index (χ3n) is 6.88. The summed E-state index contributed by atoms with van der Waals surface area (Å²) < 4.78 is 41.9. The van der Waals surface area contributed by atoms with Gasteiger partial charge in [0.05, 0.1) is 11.3 Å². The molecule has 3 heterocycles. The van der Waals surface area contributed by atoms with E-state index in [9.17, 15) is 18.0 Å². The van der Waals surface area contributed by atoms with Crippen LogP contribution < -0.4 is 10.6 Å². The zero-order valence-corrected chi connectivity index (χ0v) is 24.2. The molecule has 1 fully saturated rings. The van der Waals surface area contributed by atoms with Crippen LogP contribution in [0.1, 0.15) is 27.0 Å². The summed E-state index contributed by atoms with van der Waals surface area (Å²) in [6.45, 7) is 5.13. The average Bonchev–Trinajstić information content (AvgIpc) is 3.40. The van der Waals surface area contributed by atoms with Gasteiger partial charge in [-0.1, -0.05) is 12.1 Å². The molecule has 1 saturated heterocycles.